The second-order valence-corrected chi connectivity index (χ2v) is 6.55. The van der Waals surface area contributed by atoms with Crippen LogP contribution in [0.4, 0.5) is 0 Å². The summed E-state index contributed by atoms with van der Waals surface area (Å²) in [6, 6.07) is 0.567. The van der Waals surface area contributed by atoms with Crippen molar-refractivity contribution in [2.24, 2.45) is 5.73 Å². The highest BCUT2D eigenvalue weighted by molar-refractivity contribution is 5.85. The molecule has 0 bridgehead atoms. The number of morpholine rings is 1. The van der Waals surface area contributed by atoms with Crippen LogP contribution in [-0.2, 0) is 17.8 Å². The van der Waals surface area contributed by atoms with Crippen molar-refractivity contribution in [1.29, 1.82) is 0 Å². The van der Waals surface area contributed by atoms with Crippen LogP contribution in [-0.4, -0.2) is 64.4 Å². The van der Waals surface area contributed by atoms with Gasteiger partial charge >= 0.3 is 0 Å². The van der Waals surface area contributed by atoms with E-state index in [9.17, 15) is 0 Å². The van der Waals surface area contributed by atoms with Crippen LogP contribution in [0.3, 0.4) is 0 Å². The Balaban J connectivity index is 0.00000144. The molecule has 3 unspecified atom stereocenters. The number of halogens is 2. The van der Waals surface area contributed by atoms with Crippen LogP contribution in [0.1, 0.15) is 38.4 Å². The summed E-state index contributed by atoms with van der Waals surface area (Å²) in [5.41, 5.74) is 5.52. The molecule has 0 aliphatic carbocycles. The molecule has 0 radical (unpaired) electrons. The van der Waals surface area contributed by atoms with Crippen molar-refractivity contribution >= 4 is 24.8 Å². The number of nitrogens with zero attached hydrogens (tertiary/aromatic N) is 4. The predicted molar refractivity (Wildman–Crippen MR) is 96.6 cm³/mol. The van der Waals surface area contributed by atoms with Gasteiger partial charge in [0.2, 0.25) is 5.89 Å². The fraction of sp³-hybridized carbons (Fsp3) is 0.867. The first-order chi connectivity index (χ1) is 10.6. The lowest BCUT2D eigenvalue weighted by Crippen LogP contribution is -2.50. The zero-order chi connectivity index (χ0) is 15.5. The molecule has 0 spiro atoms. The zero-order valence-corrected chi connectivity index (χ0v) is 16.0. The molecule has 3 atom stereocenters. The van der Waals surface area contributed by atoms with Crippen LogP contribution in [0.2, 0.25) is 0 Å². The third-order valence-corrected chi connectivity index (χ3v) is 4.49. The van der Waals surface area contributed by atoms with Crippen molar-refractivity contribution in [3.05, 3.63) is 11.7 Å². The first kappa shape index (κ1) is 21.6. The van der Waals surface area contributed by atoms with Gasteiger partial charge in [-0.25, -0.2) is 0 Å². The van der Waals surface area contributed by atoms with E-state index in [4.69, 9.17) is 15.0 Å². The summed E-state index contributed by atoms with van der Waals surface area (Å²) in [5, 5.41) is 4.01. The Morgan fingerprint density at radius 3 is 2.54 bits per heavy atom. The molecule has 2 fully saturated rings. The molecule has 0 amide bonds. The highest BCUT2D eigenvalue weighted by Crippen LogP contribution is 2.22. The van der Waals surface area contributed by atoms with Gasteiger partial charge in [-0.1, -0.05) is 5.16 Å². The summed E-state index contributed by atoms with van der Waals surface area (Å²) in [6.45, 7) is 9.61. The van der Waals surface area contributed by atoms with Crippen LogP contribution in [0.25, 0.3) is 0 Å². The van der Waals surface area contributed by atoms with Gasteiger partial charge in [0.1, 0.15) is 0 Å². The van der Waals surface area contributed by atoms with Crippen molar-refractivity contribution in [1.82, 2.24) is 19.9 Å². The van der Waals surface area contributed by atoms with Gasteiger partial charge in [-0.05, 0) is 33.2 Å². The number of hydrogen-bond acceptors (Lipinski definition) is 7. The largest absolute Gasteiger partial charge is 0.373 e. The topological polar surface area (TPSA) is 80.7 Å². The smallest absolute Gasteiger partial charge is 0.240 e. The summed E-state index contributed by atoms with van der Waals surface area (Å²) in [4.78, 5) is 9.32. The summed E-state index contributed by atoms with van der Waals surface area (Å²) in [5.74, 6) is 1.26. The molecule has 140 valence electrons. The first-order valence-corrected chi connectivity index (χ1v) is 8.27. The van der Waals surface area contributed by atoms with Crippen molar-refractivity contribution in [3.63, 3.8) is 0 Å². The minimum absolute atomic E-state index is 0. The van der Waals surface area contributed by atoms with E-state index in [1.165, 1.54) is 12.8 Å². The van der Waals surface area contributed by atoms with Gasteiger partial charge in [-0.3, -0.25) is 9.80 Å². The lowest BCUT2D eigenvalue weighted by atomic mass is 10.1. The Morgan fingerprint density at radius 2 is 1.92 bits per heavy atom. The Morgan fingerprint density at radius 1 is 1.21 bits per heavy atom. The highest BCUT2D eigenvalue weighted by atomic mass is 35.5. The number of rotatable bonds is 5. The Kier molecular flexibility index (Phi) is 8.90. The molecule has 3 heterocycles. The van der Waals surface area contributed by atoms with E-state index < -0.39 is 0 Å². The molecule has 2 N–H and O–H groups in total. The molecule has 3 rings (SSSR count). The fourth-order valence-electron chi connectivity index (χ4n) is 3.66. The van der Waals surface area contributed by atoms with E-state index in [1.807, 2.05) is 0 Å². The van der Waals surface area contributed by atoms with Crippen LogP contribution in [0, 0.1) is 0 Å². The average Bonchev–Trinajstić information content (AvgIpc) is 3.08. The van der Waals surface area contributed by atoms with Crippen LogP contribution in [0.5, 0.6) is 0 Å². The number of hydrogen-bond donors (Lipinski definition) is 1. The third kappa shape index (κ3) is 5.54. The van der Waals surface area contributed by atoms with Crippen LogP contribution < -0.4 is 5.73 Å². The number of aromatic nitrogens is 2. The summed E-state index contributed by atoms with van der Waals surface area (Å²) >= 11 is 0. The molecule has 24 heavy (non-hydrogen) atoms. The number of nitrogens with two attached hydrogens (primary N) is 1. The van der Waals surface area contributed by atoms with Crippen molar-refractivity contribution < 1.29 is 9.26 Å². The van der Waals surface area contributed by atoms with Gasteiger partial charge in [0.15, 0.2) is 5.82 Å². The van der Waals surface area contributed by atoms with E-state index in [2.05, 4.69) is 33.8 Å². The van der Waals surface area contributed by atoms with E-state index in [0.717, 1.165) is 38.5 Å². The predicted octanol–water partition coefficient (Wildman–Crippen LogP) is 1.45. The molecule has 1 aromatic heterocycles. The van der Waals surface area contributed by atoms with Gasteiger partial charge in [0.25, 0.3) is 0 Å². The molecule has 7 nitrogen and oxygen atoms in total. The molecular formula is C15H29Cl2N5O2. The van der Waals surface area contributed by atoms with Gasteiger partial charge in [0, 0.05) is 25.7 Å². The maximum absolute atomic E-state index is 5.82. The maximum atomic E-state index is 5.82. The summed E-state index contributed by atoms with van der Waals surface area (Å²) < 4.78 is 10.9. The Labute approximate surface area is 156 Å². The van der Waals surface area contributed by atoms with E-state index in [-0.39, 0.29) is 24.8 Å². The third-order valence-electron chi connectivity index (χ3n) is 4.49. The first-order valence-electron chi connectivity index (χ1n) is 8.27. The Bertz CT molecular complexity index is 480. The van der Waals surface area contributed by atoms with Crippen molar-refractivity contribution in [3.8, 4) is 0 Å². The number of ether oxygens (including phenoxy) is 1. The number of likely N-dealkylation sites (tertiary alicyclic amines) is 1. The lowest BCUT2D eigenvalue weighted by molar-refractivity contribution is -0.0725. The highest BCUT2D eigenvalue weighted by Gasteiger charge is 2.30. The maximum Gasteiger partial charge on any atom is 0.240 e. The normalized spacial score (nSPS) is 28.4. The van der Waals surface area contributed by atoms with Crippen molar-refractivity contribution in [2.75, 3.05) is 26.2 Å². The molecular weight excluding hydrogens is 353 g/mol. The minimum Gasteiger partial charge on any atom is -0.373 e. The van der Waals surface area contributed by atoms with Gasteiger partial charge in [-0.15, -0.1) is 24.8 Å². The van der Waals surface area contributed by atoms with Gasteiger partial charge < -0.3 is 15.0 Å². The molecule has 2 saturated heterocycles. The Hall–Kier alpha value is -0.440. The molecule has 0 saturated carbocycles. The van der Waals surface area contributed by atoms with Crippen LogP contribution in [0.15, 0.2) is 4.52 Å². The second kappa shape index (κ2) is 9.89. The van der Waals surface area contributed by atoms with E-state index >= 15 is 0 Å². The van der Waals surface area contributed by atoms with Gasteiger partial charge in [-0.2, -0.15) is 4.98 Å². The van der Waals surface area contributed by atoms with Gasteiger partial charge in [0.05, 0.1) is 25.3 Å². The average molecular weight is 382 g/mol. The molecule has 9 heteroatoms. The summed E-state index contributed by atoms with van der Waals surface area (Å²) in [6.07, 6.45) is 3.12. The van der Waals surface area contributed by atoms with E-state index in [0.29, 0.717) is 30.7 Å². The lowest BCUT2D eigenvalue weighted by Gasteiger charge is -2.38. The fourth-order valence-corrected chi connectivity index (χ4v) is 3.66. The minimum atomic E-state index is 0. The molecule has 2 aliphatic rings. The SMILES string of the molecule is CC1CN(CC2CCCN2Cc2noc(CN)n2)CC(C)O1.Cl.Cl. The molecule has 0 aromatic carbocycles. The quantitative estimate of drug-likeness (QED) is 0.826. The molecule has 1 aromatic rings. The standard InChI is InChI=1S/C15H27N5O2.2ClH/c1-11-7-19(8-12(2)21-11)9-13-4-3-5-20(13)10-14-17-15(6-16)22-18-14;;/h11-13H,3-10,16H2,1-2H3;2*1H. The second-order valence-electron chi connectivity index (χ2n) is 6.55. The monoisotopic (exact) mass is 381 g/mol. The molecule has 2 aliphatic heterocycles. The summed E-state index contributed by atoms with van der Waals surface area (Å²) in [7, 11) is 0. The van der Waals surface area contributed by atoms with Crippen molar-refractivity contribution in [2.45, 2.75) is 58.0 Å². The zero-order valence-electron chi connectivity index (χ0n) is 14.4. The van der Waals surface area contributed by atoms with E-state index in [1.54, 1.807) is 0 Å². The van der Waals surface area contributed by atoms with Crippen LogP contribution >= 0.6 is 24.8 Å².